The van der Waals surface area contributed by atoms with Gasteiger partial charge in [-0.05, 0) is 31.8 Å². The van der Waals surface area contributed by atoms with Gasteiger partial charge in [-0.3, -0.25) is 14.5 Å². The summed E-state index contributed by atoms with van der Waals surface area (Å²) in [6.07, 6.45) is 0. The monoisotopic (exact) mass is 297 g/mol. The third-order valence-electron chi connectivity index (χ3n) is 2.67. The molecule has 2 amide bonds. The highest BCUT2D eigenvalue weighted by Gasteiger charge is 2.13. The van der Waals surface area contributed by atoms with E-state index in [1.54, 1.807) is 11.3 Å². The molecule has 0 saturated carbocycles. The highest BCUT2D eigenvalue weighted by Crippen LogP contribution is 2.07. The number of hydrogen-bond donors (Lipinski definition) is 2. The first-order valence-electron chi connectivity index (χ1n) is 6.82. The summed E-state index contributed by atoms with van der Waals surface area (Å²) >= 11 is 1.61. The number of amides is 2. The number of nitrogens with one attached hydrogen (secondary N) is 2. The molecule has 5 nitrogen and oxygen atoms in total. The second-order valence-electron chi connectivity index (χ2n) is 4.88. The lowest BCUT2D eigenvalue weighted by Crippen LogP contribution is -2.44. The number of nitrogens with zero attached hydrogens (tertiary/aromatic N) is 1. The van der Waals surface area contributed by atoms with Crippen molar-refractivity contribution in [3.05, 3.63) is 22.4 Å². The fourth-order valence-electron chi connectivity index (χ4n) is 1.71. The van der Waals surface area contributed by atoms with E-state index in [9.17, 15) is 9.59 Å². The highest BCUT2D eigenvalue weighted by atomic mass is 32.1. The molecule has 0 aliphatic heterocycles. The molecular formula is C14H23N3O2S. The lowest BCUT2D eigenvalue weighted by molar-refractivity contribution is -0.125. The number of rotatable bonds is 8. The molecule has 0 fully saturated rings. The molecule has 1 aromatic heterocycles. The summed E-state index contributed by atoms with van der Waals surface area (Å²) in [6, 6.07) is 4.06. The van der Waals surface area contributed by atoms with Crippen molar-refractivity contribution in [2.75, 3.05) is 19.6 Å². The predicted octanol–water partition coefficient (Wildman–Crippen LogP) is 1.21. The van der Waals surface area contributed by atoms with Crippen molar-refractivity contribution in [2.45, 2.75) is 33.4 Å². The zero-order chi connectivity index (χ0) is 15.0. The number of hydrogen-bond acceptors (Lipinski definition) is 4. The topological polar surface area (TPSA) is 61.4 Å². The first-order chi connectivity index (χ1) is 9.51. The van der Waals surface area contributed by atoms with Crippen molar-refractivity contribution in [1.82, 2.24) is 15.5 Å². The highest BCUT2D eigenvalue weighted by molar-refractivity contribution is 7.09. The molecule has 1 rings (SSSR count). The van der Waals surface area contributed by atoms with Crippen LogP contribution < -0.4 is 10.6 Å². The molecule has 112 valence electrons. The molecule has 2 N–H and O–H groups in total. The predicted molar refractivity (Wildman–Crippen MR) is 81.6 cm³/mol. The van der Waals surface area contributed by atoms with Crippen molar-refractivity contribution in [3.63, 3.8) is 0 Å². The Bertz CT molecular complexity index is 418. The Morgan fingerprint density at radius 1 is 1.30 bits per heavy atom. The molecule has 1 heterocycles. The molecule has 1 aromatic rings. The summed E-state index contributed by atoms with van der Waals surface area (Å²) in [6.45, 7) is 7.48. The second kappa shape index (κ2) is 8.71. The summed E-state index contributed by atoms with van der Waals surface area (Å²) in [4.78, 5) is 26.4. The Hall–Kier alpha value is -1.40. The fourth-order valence-corrected chi connectivity index (χ4v) is 2.35. The van der Waals surface area contributed by atoms with Crippen LogP contribution in [0.15, 0.2) is 17.5 Å². The van der Waals surface area contributed by atoms with Crippen molar-refractivity contribution in [3.8, 4) is 0 Å². The van der Waals surface area contributed by atoms with Crippen LogP contribution in [0.1, 0.15) is 25.6 Å². The Morgan fingerprint density at radius 2 is 2.00 bits per heavy atom. The molecule has 0 unspecified atom stereocenters. The van der Waals surface area contributed by atoms with E-state index in [0.29, 0.717) is 13.1 Å². The van der Waals surface area contributed by atoms with Crippen LogP contribution in [0.5, 0.6) is 0 Å². The van der Waals surface area contributed by atoms with E-state index >= 15 is 0 Å². The van der Waals surface area contributed by atoms with Crippen LogP contribution in [0.25, 0.3) is 0 Å². The molecule has 0 radical (unpaired) electrons. The zero-order valence-electron chi connectivity index (χ0n) is 12.3. The zero-order valence-corrected chi connectivity index (χ0v) is 13.1. The summed E-state index contributed by atoms with van der Waals surface area (Å²) in [5.74, 6) is -0.106. The van der Waals surface area contributed by atoms with Gasteiger partial charge in [-0.1, -0.05) is 13.0 Å². The maximum Gasteiger partial charge on any atom is 0.234 e. The van der Waals surface area contributed by atoms with E-state index in [1.807, 2.05) is 43.2 Å². The third-order valence-corrected chi connectivity index (χ3v) is 3.55. The molecule has 0 aromatic carbocycles. The van der Waals surface area contributed by atoms with E-state index in [0.717, 1.165) is 4.88 Å². The van der Waals surface area contributed by atoms with Gasteiger partial charge in [0.25, 0.3) is 0 Å². The van der Waals surface area contributed by atoms with E-state index in [1.165, 1.54) is 0 Å². The second-order valence-corrected chi connectivity index (χ2v) is 5.91. The number of carbonyl (C=O) groups excluding carboxylic acids is 2. The summed E-state index contributed by atoms with van der Waals surface area (Å²) in [7, 11) is 0. The Labute approximate surface area is 124 Å². The van der Waals surface area contributed by atoms with Crippen LogP contribution in [-0.4, -0.2) is 42.4 Å². The Kier molecular flexibility index (Phi) is 7.25. The molecule has 20 heavy (non-hydrogen) atoms. The summed E-state index contributed by atoms with van der Waals surface area (Å²) in [5.41, 5.74) is 0. The van der Waals surface area contributed by atoms with Gasteiger partial charge in [0, 0.05) is 10.9 Å². The van der Waals surface area contributed by atoms with E-state index in [-0.39, 0.29) is 30.9 Å². The minimum atomic E-state index is -0.0578. The minimum Gasteiger partial charge on any atom is -0.353 e. The van der Waals surface area contributed by atoms with Crippen LogP contribution in [0.2, 0.25) is 0 Å². The van der Waals surface area contributed by atoms with Crippen LogP contribution in [0.3, 0.4) is 0 Å². The third kappa shape index (κ3) is 6.68. The Morgan fingerprint density at radius 3 is 2.55 bits per heavy atom. The molecule has 0 saturated heterocycles. The maximum atomic E-state index is 11.8. The van der Waals surface area contributed by atoms with Gasteiger partial charge in [0.15, 0.2) is 0 Å². The van der Waals surface area contributed by atoms with Gasteiger partial charge >= 0.3 is 0 Å². The molecular weight excluding hydrogens is 274 g/mol. The Balaban J connectivity index is 2.31. The van der Waals surface area contributed by atoms with E-state index in [4.69, 9.17) is 0 Å². The quantitative estimate of drug-likeness (QED) is 0.758. The smallest absolute Gasteiger partial charge is 0.234 e. The van der Waals surface area contributed by atoms with Crippen LogP contribution in [0.4, 0.5) is 0 Å². The van der Waals surface area contributed by atoms with Gasteiger partial charge in [0.1, 0.15) is 0 Å². The summed E-state index contributed by atoms with van der Waals surface area (Å²) in [5, 5.41) is 7.67. The van der Waals surface area contributed by atoms with Crippen LogP contribution in [-0.2, 0) is 16.1 Å². The molecule has 0 spiro atoms. The van der Waals surface area contributed by atoms with Crippen molar-refractivity contribution in [1.29, 1.82) is 0 Å². The lowest BCUT2D eigenvalue weighted by atomic mass is 10.3. The largest absolute Gasteiger partial charge is 0.353 e. The van der Waals surface area contributed by atoms with Gasteiger partial charge in [-0.15, -0.1) is 11.3 Å². The fraction of sp³-hybridized carbons (Fsp3) is 0.571. The van der Waals surface area contributed by atoms with Gasteiger partial charge in [-0.2, -0.15) is 0 Å². The van der Waals surface area contributed by atoms with Gasteiger partial charge in [0.05, 0.1) is 19.6 Å². The van der Waals surface area contributed by atoms with Crippen LogP contribution >= 0.6 is 11.3 Å². The average Bonchev–Trinajstić information content (AvgIpc) is 2.87. The van der Waals surface area contributed by atoms with E-state index in [2.05, 4.69) is 10.6 Å². The summed E-state index contributed by atoms with van der Waals surface area (Å²) < 4.78 is 0. The van der Waals surface area contributed by atoms with Crippen LogP contribution in [0, 0.1) is 0 Å². The van der Waals surface area contributed by atoms with Crippen molar-refractivity contribution in [2.24, 2.45) is 0 Å². The molecule has 0 atom stereocenters. The van der Waals surface area contributed by atoms with Gasteiger partial charge in [0.2, 0.25) is 11.8 Å². The van der Waals surface area contributed by atoms with E-state index < -0.39 is 0 Å². The van der Waals surface area contributed by atoms with Gasteiger partial charge in [-0.25, -0.2) is 0 Å². The number of carbonyl (C=O) groups is 2. The normalized spacial score (nSPS) is 10.8. The average molecular weight is 297 g/mol. The SMILES string of the molecule is CCN(CC(=O)NCc1cccs1)CC(=O)NC(C)C. The number of likely N-dealkylation sites (N-methyl/N-ethyl adjacent to an activating group) is 1. The number of thiophene rings is 1. The van der Waals surface area contributed by atoms with Crippen molar-refractivity contribution < 1.29 is 9.59 Å². The maximum absolute atomic E-state index is 11.8. The molecule has 0 bridgehead atoms. The first kappa shape index (κ1) is 16.7. The molecule has 0 aliphatic carbocycles. The first-order valence-corrected chi connectivity index (χ1v) is 7.70. The van der Waals surface area contributed by atoms with Crippen molar-refractivity contribution >= 4 is 23.2 Å². The molecule has 6 heteroatoms. The lowest BCUT2D eigenvalue weighted by Gasteiger charge is -2.20. The minimum absolute atomic E-state index is 0.0482. The van der Waals surface area contributed by atoms with Gasteiger partial charge < -0.3 is 10.6 Å². The molecule has 0 aliphatic rings. The standard InChI is InChI=1S/C14H23N3O2S/c1-4-17(10-14(19)16-11(2)3)9-13(18)15-8-12-6-5-7-20-12/h5-7,11H,4,8-10H2,1-3H3,(H,15,18)(H,16,19).